The van der Waals surface area contributed by atoms with E-state index in [9.17, 15) is 9.18 Å². The highest BCUT2D eigenvalue weighted by Gasteiger charge is 2.30. The number of anilines is 1. The molecule has 1 aliphatic rings. The Morgan fingerprint density at radius 3 is 2.96 bits per heavy atom. The number of nitrogens with one attached hydrogen (secondary N) is 1. The summed E-state index contributed by atoms with van der Waals surface area (Å²) >= 11 is 0. The van der Waals surface area contributed by atoms with E-state index >= 15 is 0 Å². The molecular formula is C17H21FN4O3. The molecular weight excluding hydrogens is 327 g/mol. The fourth-order valence-electron chi connectivity index (χ4n) is 2.69. The topological polar surface area (TPSA) is 78.3 Å². The summed E-state index contributed by atoms with van der Waals surface area (Å²) in [6.07, 6.45) is 0.772. The van der Waals surface area contributed by atoms with Crippen molar-refractivity contribution < 1.29 is 18.7 Å². The second-order valence-electron chi connectivity index (χ2n) is 6.01. The number of hydrogen-bond donors (Lipinski definition) is 1. The van der Waals surface area contributed by atoms with E-state index in [1.165, 1.54) is 0 Å². The first-order valence-electron chi connectivity index (χ1n) is 8.35. The Balaban J connectivity index is 2.07. The summed E-state index contributed by atoms with van der Waals surface area (Å²) in [6.45, 7) is 6.88. The molecule has 2 aromatic rings. The predicted octanol–water partition coefficient (Wildman–Crippen LogP) is 2.86. The molecule has 1 aliphatic heterocycles. The first-order valence-corrected chi connectivity index (χ1v) is 8.35. The van der Waals surface area contributed by atoms with Crippen LogP contribution < -0.4 is 10.1 Å². The number of esters is 1. The lowest BCUT2D eigenvalue weighted by Crippen LogP contribution is -2.16. The number of aryl methyl sites for hydroxylation is 1. The number of pyridine rings is 1. The molecule has 0 aliphatic carbocycles. The third-order valence-electron chi connectivity index (χ3n) is 3.68. The Hall–Kier alpha value is -2.64. The molecule has 0 amide bonds. The molecule has 0 fully saturated rings. The minimum atomic E-state index is -0.702. The van der Waals surface area contributed by atoms with E-state index < -0.39 is 11.9 Å². The zero-order valence-corrected chi connectivity index (χ0v) is 14.5. The summed E-state index contributed by atoms with van der Waals surface area (Å²) in [6, 6.07) is 3.34. The summed E-state index contributed by atoms with van der Waals surface area (Å²) in [5.74, 6) is -0.534. The van der Waals surface area contributed by atoms with Gasteiger partial charge in [0.1, 0.15) is 17.1 Å². The molecule has 0 atom stereocenters. The number of rotatable bonds is 5. The molecule has 0 unspecified atom stereocenters. The molecule has 0 saturated heterocycles. The molecule has 0 spiro atoms. The Morgan fingerprint density at radius 1 is 1.48 bits per heavy atom. The van der Waals surface area contributed by atoms with Gasteiger partial charge in [-0.05, 0) is 32.9 Å². The van der Waals surface area contributed by atoms with E-state index in [2.05, 4.69) is 15.4 Å². The van der Waals surface area contributed by atoms with Gasteiger partial charge in [-0.1, -0.05) is 0 Å². The van der Waals surface area contributed by atoms with E-state index in [1.807, 2.05) is 13.8 Å². The third-order valence-corrected chi connectivity index (χ3v) is 3.68. The van der Waals surface area contributed by atoms with Gasteiger partial charge in [-0.2, -0.15) is 9.49 Å². The summed E-state index contributed by atoms with van der Waals surface area (Å²) in [5.41, 5.74) is 0.478. The molecule has 25 heavy (non-hydrogen) atoms. The summed E-state index contributed by atoms with van der Waals surface area (Å²) in [4.78, 5) is 16.3. The van der Waals surface area contributed by atoms with Crippen molar-refractivity contribution >= 4 is 11.8 Å². The first kappa shape index (κ1) is 17.2. The van der Waals surface area contributed by atoms with Crippen molar-refractivity contribution in [2.24, 2.45) is 0 Å². The van der Waals surface area contributed by atoms with Gasteiger partial charge in [0.05, 0.1) is 18.8 Å². The number of carbonyl (C=O) groups excluding carboxylic acids is 1. The Kier molecular flexibility index (Phi) is 4.87. The minimum absolute atomic E-state index is 0.126. The lowest BCUT2D eigenvalue weighted by Gasteiger charge is -2.15. The van der Waals surface area contributed by atoms with E-state index in [1.54, 1.807) is 23.7 Å². The summed E-state index contributed by atoms with van der Waals surface area (Å²) in [7, 11) is 0. The smallest absolute Gasteiger partial charge is 0.345 e. The Labute approximate surface area is 145 Å². The standard InChI is InChI=1S/C17H21FN4O3/c1-4-24-17(23)13-14(21-22-8-5-9-25-16(13)22)11-6-7-12(19-10(2)3)20-15(11)18/h6-7,10H,4-5,8-9H2,1-3H3,(H,19,20). The van der Waals surface area contributed by atoms with Crippen LogP contribution in [0.3, 0.4) is 0 Å². The van der Waals surface area contributed by atoms with Gasteiger partial charge in [0.15, 0.2) is 0 Å². The largest absolute Gasteiger partial charge is 0.477 e. The molecule has 0 radical (unpaired) electrons. The number of carbonyl (C=O) groups is 1. The fourth-order valence-corrected chi connectivity index (χ4v) is 2.69. The van der Waals surface area contributed by atoms with Crippen LogP contribution in [-0.4, -0.2) is 40.0 Å². The van der Waals surface area contributed by atoms with Crippen molar-refractivity contribution in [2.45, 2.75) is 39.8 Å². The SMILES string of the molecule is CCOC(=O)c1c(-c2ccc(NC(C)C)nc2F)nn2c1OCCC2. The van der Waals surface area contributed by atoms with Crippen LogP contribution >= 0.6 is 0 Å². The Bertz CT molecular complexity index is 788. The van der Waals surface area contributed by atoms with Crippen LogP contribution in [0.2, 0.25) is 0 Å². The maximum atomic E-state index is 14.6. The van der Waals surface area contributed by atoms with Gasteiger partial charge in [0.25, 0.3) is 0 Å². The zero-order valence-electron chi connectivity index (χ0n) is 14.5. The highest BCUT2D eigenvalue weighted by Crippen LogP contribution is 2.34. The van der Waals surface area contributed by atoms with Crippen LogP contribution in [-0.2, 0) is 11.3 Å². The minimum Gasteiger partial charge on any atom is -0.477 e. The van der Waals surface area contributed by atoms with Crippen LogP contribution in [0.1, 0.15) is 37.6 Å². The number of hydrogen-bond acceptors (Lipinski definition) is 6. The number of aromatic nitrogens is 3. The molecule has 3 rings (SSSR count). The van der Waals surface area contributed by atoms with Gasteiger partial charge in [-0.15, -0.1) is 0 Å². The molecule has 8 heteroatoms. The van der Waals surface area contributed by atoms with Crippen molar-refractivity contribution in [1.29, 1.82) is 0 Å². The second kappa shape index (κ2) is 7.08. The van der Waals surface area contributed by atoms with Gasteiger partial charge in [-0.25, -0.2) is 14.5 Å². The van der Waals surface area contributed by atoms with Gasteiger partial charge < -0.3 is 14.8 Å². The number of halogens is 1. The van der Waals surface area contributed by atoms with Crippen LogP contribution in [0.25, 0.3) is 11.3 Å². The van der Waals surface area contributed by atoms with Gasteiger partial charge in [-0.3, -0.25) is 0 Å². The Morgan fingerprint density at radius 2 is 2.28 bits per heavy atom. The fraction of sp³-hybridized carbons (Fsp3) is 0.471. The van der Waals surface area contributed by atoms with Crippen LogP contribution in [0, 0.1) is 5.95 Å². The quantitative estimate of drug-likeness (QED) is 0.661. The number of ether oxygens (including phenoxy) is 2. The summed E-state index contributed by atoms with van der Waals surface area (Å²) < 4.78 is 26.8. The summed E-state index contributed by atoms with van der Waals surface area (Å²) in [5, 5.41) is 7.40. The lowest BCUT2D eigenvalue weighted by molar-refractivity contribution is 0.0520. The zero-order chi connectivity index (χ0) is 18.0. The molecule has 0 aromatic carbocycles. The molecule has 0 bridgehead atoms. The van der Waals surface area contributed by atoms with Gasteiger partial charge in [0.2, 0.25) is 11.8 Å². The van der Waals surface area contributed by atoms with Crippen molar-refractivity contribution in [1.82, 2.24) is 14.8 Å². The number of nitrogens with zero attached hydrogens (tertiary/aromatic N) is 3. The lowest BCUT2D eigenvalue weighted by atomic mass is 10.1. The predicted molar refractivity (Wildman–Crippen MR) is 90.2 cm³/mol. The van der Waals surface area contributed by atoms with Crippen LogP contribution in [0.15, 0.2) is 12.1 Å². The first-order chi connectivity index (χ1) is 12.0. The number of fused-ring (bicyclic) bond motifs is 1. The molecule has 0 saturated carbocycles. The maximum absolute atomic E-state index is 14.6. The van der Waals surface area contributed by atoms with Crippen LogP contribution in [0.4, 0.5) is 10.2 Å². The molecule has 1 N–H and O–H groups in total. The van der Waals surface area contributed by atoms with E-state index in [0.717, 1.165) is 6.42 Å². The highest BCUT2D eigenvalue weighted by atomic mass is 19.1. The highest BCUT2D eigenvalue weighted by molar-refractivity contribution is 5.98. The van der Waals surface area contributed by atoms with Crippen molar-refractivity contribution in [3.8, 4) is 17.1 Å². The van der Waals surface area contributed by atoms with Crippen molar-refractivity contribution in [3.63, 3.8) is 0 Å². The monoisotopic (exact) mass is 348 g/mol. The average molecular weight is 348 g/mol. The molecule has 3 heterocycles. The van der Waals surface area contributed by atoms with Crippen LogP contribution in [0.5, 0.6) is 5.88 Å². The van der Waals surface area contributed by atoms with E-state index in [4.69, 9.17) is 9.47 Å². The third kappa shape index (κ3) is 3.42. The van der Waals surface area contributed by atoms with E-state index in [-0.39, 0.29) is 29.5 Å². The normalized spacial score (nSPS) is 13.3. The molecule has 7 nitrogen and oxygen atoms in total. The second-order valence-corrected chi connectivity index (χ2v) is 6.01. The van der Waals surface area contributed by atoms with Crippen molar-refractivity contribution in [2.75, 3.05) is 18.5 Å². The maximum Gasteiger partial charge on any atom is 0.345 e. The van der Waals surface area contributed by atoms with E-state index in [0.29, 0.717) is 24.8 Å². The average Bonchev–Trinajstić information content (AvgIpc) is 2.93. The molecule has 134 valence electrons. The van der Waals surface area contributed by atoms with Gasteiger partial charge >= 0.3 is 5.97 Å². The molecule has 2 aromatic heterocycles. The van der Waals surface area contributed by atoms with Gasteiger partial charge in [0, 0.05) is 19.0 Å². The van der Waals surface area contributed by atoms with Crippen molar-refractivity contribution in [3.05, 3.63) is 23.6 Å².